The monoisotopic (exact) mass is 223 g/mol. The van der Waals surface area contributed by atoms with Crippen LogP contribution < -0.4 is 0 Å². The smallest absolute Gasteiger partial charge is 0.236 e. The molecule has 1 saturated heterocycles. The molecule has 3 nitrogen and oxygen atoms in total. The van der Waals surface area contributed by atoms with E-state index in [1.54, 1.807) is 0 Å². The fourth-order valence-corrected chi connectivity index (χ4v) is 2.59. The molecule has 0 amide bonds. The van der Waals surface area contributed by atoms with E-state index >= 15 is 0 Å². The van der Waals surface area contributed by atoms with Crippen LogP contribution in [0.4, 0.5) is 0 Å². The van der Waals surface area contributed by atoms with Crippen molar-refractivity contribution < 1.29 is 8.42 Å². The van der Waals surface area contributed by atoms with Gasteiger partial charge in [-0.05, 0) is 31.5 Å². The molecule has 76 valence electrons. The molecule has 1 rings (SSSR count). The Morgan fingerprint density at radius 2 is 1.92 bits per heavy atom. The number of halogens is 1. The Morgan fingerprint density at radius 3 is 2.38 bits per heavy atom. The molecule has 1 aliphatic heterocycles. The summed E-state index contributed by atoms with van der Waals surface area (Å²) in [5, 5.41) is 0. The SMILES string of the molecule is C=C(CN1CCCC1)CS(=O)(=O)Cl. The van der Waals surface area contributed by atoms with Crippen molar-refractivity contribution in [1.82, 2.24) is 4.90 Å². The summed E-state index contributed by atoms with van der Waals surface area (Å²) in [5.41, 5.74) is 0.678. The molecule has 1 fully saturated rings. The van der Waals surface area contributed by atoms with Gasteiger partial charge < -0.3 is 0 Å². The zero-order chi connectivity index (χ0) is 9.90. The first-order valence-electron chi connectivity index (χ1n) is 4.29. The highest BCUT2D eigenvalue weighted by atomic mass is 35.7. The molecular formula is C8H14ClNO2S. The van der Waals surface area contributed by atoms with Gasteiger partial charge in [-0.1, -0.05) is 6.58 Å². The molecule has 0 radical (unpaired) electrons. The van der Waals surface area contributed by atoms with E-state index in [0.717, 1.165) is 13.1 Å². The number of rotatable bonds is 4. The molecule has 0 aromatic carbocycles. The molecule has 0 N–H and O–H groups in total. The van der Waals surface area contributed by atoms with Gasteiger partial charge in [-0.2, -0.15) is 0 Å². The lowest BCUT2D eigenvalue weighted by molar-refractivity contribution is 0.369. The average molecular weight is 224 g/mol. The van der Waals surface area contributed by atoms with Crippen molar-refractivity contribution >= 4 is 19.7 Å². The van der Waals surface area contributed by atoms with Gasteiger partial charge in [-0.25, -0.2) is 8.42 Å². The summed E-state index contributed by atoms with van der Waals surface area (Å²) >= 11 is 0. The van der Waals surface area contributed by atoms with Gasteiger partial charge >= 0.3 is 0 Å². The van der Waals surface area contributed by atoms with Gasteiger partial charge in [-0.15, -0.1) is 0 Å². The van der Waals surface area contributed by atoms with E-state index in [1.165, 1.54) is 12.8 Å². The maximum Gasteiger partial charge on any atom is 0.236 e. The third-order valence-corrected chi connectivity index (χ3v) is 3.10. The highest BCUT2D eigenvalue weighted by molar-refractivity contribution is 8.13. The van der Waals surface area contributed by atoms with Crippen LogP contribution in [0.1, 0.15) is 12.8 Å². The lowest BCUT2D eigenvalue weighted by Gasteiger charge is -2.15. The standard InChI is InChI=1S/C8H14ClNO2S/c1-8(7-13(9,11)12)6-10-4-2-3-5-10/h1-7H2. The Kier molecular flexibility index (Phi) is 3.76. The van der Waals surface area contributed by atoms with E-state index in [0.29, 0.717) is 12.1 Å². The Labute approximate surface area is 83.8 Å². The Hall–Kier alpha value is -0.0600. The van der Waals surface area contributed by atoms with Crippen LogP contribution >= 0.6 is 10.7 Å². The van der Waals surface area contributed by atoms with E-state index in [9.17, 15) is 8.42 Å². The van der Waals surface area contributed by atoms with E-state index in [2.05, 4.69) is 11.5 Å². The molecule has 0 aromatic rings. The van der Waals surface area contributed by atoms with Gasteiger partial charge in [0.25, 0.3) is 0 Å². The third-order valence-electron chi connectivity index (χ3n) is 2.02. The first-order valence-corrected chi connectivity index (χ1v) is 6.76. The predicted octanol–water partition coefficient (Wildman–Crippen LogP) is 1.21. The minimum absolute atomic E-state index is 0.106. The molecule has 0 aliphatic carbocycles. The van der Waals surface area contributed by atoms with Gasteiger partial charge in [0.15, 0.2) is 0 Å². The lowest BCUT2D eigenvalue weighted by atomic mass is 10.3. The summed E-state index contributed by atoms with van der Waals surface area (Å²) in [5.74, 6) is -0.106. The predicted molar refractivity (Wildman–Crippen MR) is 54.5 cm³/mol. The van der Waals surface area contributed by atoms with E-state index in [-0.39, 0.29) is 5.75 Å². The van der Waals surface area contributed by atoms with Crippen molar-refractivity contribution in [1.29, 1.82) is 0 Å². The molecule has 13 heavy (non-hydrogen) atoms. The van der Waals surface area contributed by atoms with Crippen molar-refractivity contribution in [2.24, 2.45) is 0 Å². The average Bonchev–Trinajstić information content (AvgIpc) is 2.34. The zero-order valence-electron chi connectivity index (χ0n) is 7.50. The second kappa shape index (κ2) is 4.44. The lowest BCUT2D eigenvalue weighted by Crippen LogP contribution is -2.23. The quantitative estimate of drug-likeness (QED) is 0.531. The maximum atomic E-state index is 10.7. The van der Waals surface area contributed by atoms with Crippen molar-refractivity contribution in [2.45, 2.75) is 12.8 Å². The zero-order valence-corrected chi connectivity index (χ0v) is 9.07. The second-order valence-electron chi connectivity index (χ2n) is 3.42. The minimum Gasteiger partial charge on any atom is -0.299 e. The maximum absolute atomic E-state index is 10.7. The number of likely N-dealkylation sites (tertiary alicyclic amines) is 1. The van der Waals surface area contributed by atoms with Crippen LogP contribution in [0.5, 0.6) is 0 Å². The molecule has 0 aromatic heterocycles. The van der Waals surface area contributed by atoms with Gasteiger partial charge in [0.05, 0.1) is 5.75 Å². The van der Waals surface area contributed by atoms with Crippen molar-refractivity contribution in [3.63, 3.8) is 0 Å². The first kappa shape index (κ1) is 11.0. The van der Waals surface area contributed by atoms with Crippen LogP contribution in [0.15, 0.2) is 12.2 Å². The number of hydrogen-bond donors (Lipinski definition) is 0. The van der Waals surface area contributed by atoms with E-state index in [4.69, 9.17) is 10.7 Å². The summed E-state index contributed by atoms with van der Waals surface area (Å²) in [6.45, 7) is 6.44. The molecule has 0 spiro atoms. The number of hydrogen-bond acceptors (Lipinski definition) is 3. The van der Waals surface area contributed by atoms with Crippen LogP contribution in [0.25, 0.3) is 0 Å². The van der Waals surface area contributed by atoms with Crippen molar-refractivity contribution in [2.75, 3.05) is 25.4 Å². The summed E-state index contributed by atoms with van der Waals surface area (Å²) < 4.78 is 21.4. The molecule has 5 heteroatoms. The molecule has 0 bridgehead atoms. The molecule has 0 unspecified atom stereocenters. The van der Waals surface area contributed by atoms with Gasteiger partial charge in [0.1, 0.15) is 0 Å². The van der Waals surface area contributed by atoms with Crippen molar-refractivity contribution in [3.05, 3.63) is 12.2 Å². The molecule has 1 aliphatic rings. The van der Waals surface area contributed by atoms with E-state index < -0.39 is 9.05 Å². The molecular weight excluding hydrogens is 210 g/mol. The van der Waals surface area contributed by atoms with E-state index in [1.807, 2.05) is 0 Å². The van der Waals surface area contributed by atoms with Gasteiger partial charge in [-0.3, -0.25) is 4.90 Å². The topological polar surface area (TPSA) is 37.4 Å². The Bertz CT molecular complexity index is 281. The van der Waals surface area contributed by atoms with Gasteiger partial charge in [0.2, 0.25) is 9.05 Å². The summed E-state index contributed by atoms with van der Waals surface area (Å²) in [6.07, 6.45) is 2.39. The fraction of sp³-hybridized carbons (Fsp3) is 0.750. The second-order valence-corrected chi connectivity index (χ2v) is 6.19. The summed E-state index contributed by atoms with van der Waals surface area (Å²) in [7, 11) is 1.69. The van der Waals surface area contributed by atoms with Crippen LogP contribution in [0.2, 0.25) is 0 Å². The van der Waals surface area contributed by atoms with Crippen LogP contribution in [-0.2, 0) is 9.05 Å². The highest BCUT2D eigenvalue weighted by Gasteiger charge is 2.15. The molecule has 0 atom stereocenters. The summed E-state index contributed by atoms with van der Waals surface area (Å²) in [6, 6.07) is 0. The fourth-order valence-electron chi connectivity index (χ4n) is 1.55. The van der Waals surface area contributed by atoms with Crippen LogP contribution in [0.3, 0.4) is 0 Å². The van der Waals surface area contributed by atoms with Crippen LogP contribution in [0, 0.1) is 0 Å². The Balaban J connectivity index is 2.33. The largest absolute Gasteiger partial charge is 0.299 e. The molecule has 1 heterocycles. The van der Waals surface area contributed by atoms with Crippen molar-refractivity contribution in [3.8, 4) is 0 Å². The highest BCUT2D eigenvalue weighted by Crippen LogP contribution is 2.11. The normalized spacial score (nSPS) is 19.2. The minimum atomic E-state index is -3.42. The summed E-state index contributed by atoms with van der Waals surface area (Å²) in [4.78, 5) is 2.20. The third kappa shape index (κ3) is 4.64. The Morgan fingerprint density at radius 1 is 1.38 bits per heavy atom. The number of nitrogens with zero attached hydrogens (tertiary/aromatic N) is 1. The van der Waals surface area contributed by atoms with Gasteiger partial charge in [0, 0.05) is 17.2 Å². The molecule has 0 saturated carbocycles. The first-order chi connectivity index (χ1) is 5.97. The van der Waals surface area contributed by atoms with Crippen LogP contribution in [-0.4, -0.2) is 38.7 Å².